The molecule has 0 aliphatic carbocycles. The van der Waals surface area contributed by atoms with Crippen LogP contribution in [0.2, 0.25) is 5.02 Å². The largest absolute Gasteiger partial charge is 0.423 e. The minimum absolute atomic E-state index is 0.0268. The minimum atomic E-state index is -0.427. The summed E-state index contributed by atoms with van der Waals surface area (Å²) in [6.45, 7) is -0.0568. The third-order valence-corrected chi connectivity index (χ3v) is 4.81. The number of pyridine rings is 1. The predicted octanol–water partition coefficient (Wildman–Crippen LogP) is 3.22. The number of nitrogens with zero attached hydrogens (tertiary/aromatic N) is 3. The first-order valence-corrected chi connectivity index (χ1v) is 9.26. The summed E-state index contributed by atoms with van der Waals surface area (Å²) < 4.78 is 5.18. The molecule has 1 aliphatic rings. The van der Waals surface area contributed by atoms with E-state index in [-0.39, 0.29) is 19.0 Å². The van der Waals surface area contributed by atoms with Crippen molar-refractivity contribution in [1.82, 2.24) is 9.97 Å². The monoisotopic (exact) mass is 400 g/mol. The Morgan fingerprint density at radius 3 is 3.00 bits per heavy atom. The van der Waals surface area contributed by atoms with E-state index in [0.717, 1.165) is 5.69 Å². The Labute approximate surface area is 163 Å². The summed E-state index contributed by atoms with van der Waals surface area (Å²) in [4.78, 5) is 34.5. The van der Waals surface area contributed by atoms with E-state index >= 15 is 0 Å². The fraction of sp³-hybridized carbons (Fsp3) is 0.111. The molecule has 1 aromatic carbocycles. The Morgan fingerprint density at radius 2 is 2.19 bits per heavy atom. The van der Waals surface area contributed by atoms with Crippen LogP contribution >= 0.6 is 22.9 Å². The van der Waals surface area contributed by atoms with Crippen molar-refractivity contribution in [3.05, 3.63) is 53.0 Å². The lowest BCUT2D eigenvalue weighted by atomic mass is 10.2. The summed E-state index contributed by atoms with van der Waals surface area (Å²) in [5.74, 6) is -0.336. The highest BCUT2D eigenvalue weighted by Gasteiger charge is 2.26. The van der Waals surface area contributed by atoms with Gasteiger partial charge in [0, 0.05) is 16.6 Å². The van der Waals surface area contributed by atoms with Gasteiger partial charge >= 0.3 is 5.97 Å². The summed E-state index contributed by atoms with van der Waals surface area (Å²) in [5.41, 5.74) is 2.02. The molecule has 27 heavy (non-hydrogen) atoms. The van der Waals surface area contributed by atoms with E-state index in [1.807, 2.05) is 23.6 Å². The van der Waals surface area contributed by atoms with Gasteiger partial charge in [-0.1, -0.05) is 17.7 Å². The van der Waals surface area contributed by atoms with Gasteiger partial charge in [0.05, 0.1) is 17.9 Å². The third kappa shape index (κ3) is 3.91. The van der Waals surface area contributed by atoms with Gasteiger partial charge < -0.3 is 15.0 Å². The molecule has 3 aromatic rings. The number of carbonyl (C=O) groups is 2. The van der Waals surface area contributed by atoms with Crippen molar-refractivity contribution in [2.45, 2.75) is 0 Å². The van der Waals surface area contributed by atoms with Gasteiger partial charge in [-0.05, 0) is 30.3 Å². The van der Waals surface area contributed by atoms with Crippen molar-refractivity contribution in [3.8, 4) is 17.1 Å². The van der Waals surface area contributed by atoms with Gasteiger partial charge in [-0.15, -0.1) is 11.3 Å². The number of nitrogens with one attached hydrogen (secondary N) is 1. The average molecular weight is 401 g/mol. The van der Waals surface area contributed by atoms with Crippen LogP contribution in [0.25, 0.3) is 11.4 Å². The Kier molecular flexibility index (Phi) is 4.74. The maximum absolute atomic E-state index is 12.4. The first-order valence-electron chi connectivity index (χ1n) is 8.00. The van der Waals surface area contributed by atoms with Crippen LogP contribution in [-0.4, -0.2) is 34.9 Å². The SMILES string of the molecule is O=C(CN1CC(=O)Oc2ccc(Cl)cc21)Nc1nc(-c2ccccn2)cs1. The molecule has 0 atom stereocenters. The Bertz CT molecular complexity index is 1010. The Morgan fingerprint density at radius 1 is 1.30 bits per heavy atom. The van der Waals surface area contributed by atoms with Gasteiger partial charge in [-0.3, -0.25) is 9.78 Å². The number of rotatable bonds is 4. The third-order valence-electron chi connectivity index (χ3n) is 3.82. The fourth-order valence-electron chi connectivity index (χ4n) is 2.66. The number of thiazole rings is 1. The van der Waals surface area contributed by atoms with Crippen molar-refractivity contribution in [3.63, 3.8) is 0 Å². The molecule has 0 spiro atoms. The summed E-state index contributed by atoms with van der Waals surface area (Å²) in [7, 11) is 0. The number of hydrogen-bond acceptors (Lipinski definition) is 7. The van der Waals surface area contributed by atoms with Crippen LogP contribution in [0.15, 0.2) is 48.0 Å². The van der Waals surface area contributed by atoms with E-state index in [1.54, 1.807) is 29.3 Å². The number of fused-ring (bicyclic) bond motifs is 1. The smallest absolute Gasteiger partial charge is 0.331 e. The zero-order chi connectivity index (χ0) is 18.8. The quantitative estimate of drug-likeness (QED) is 0.534. The molecule has 136 valence electrons. The second kappa shape index (κ2) is 7.34. The van der Waals surface area contributed by atoms with Crippen LogP contribution in [0.5, 0.6) is 5.75 Å². The molecule has 0 radical (unpaired) electrons. The molecule has 2 aromatic heterocycles. The summed E-state index contributed by atoms with van der Waals surface area (Å²) in [6, 6.07) is 10.5. The molecule has 1 aliphatic heterocycles. The normalized spacial score (nSPS) is 13.1. The standard InChI is InChI=1S/C18H13ClN4O3S/c19-11-4-5-15-14(7-11)23(9-17(25)26-15)8-16(24)22-18-21-13(10-27-18)12-3-1-2-6-20-12/h1-7,10H,8-9H2,(H,21,22,24). The van der Waals surface area contributed by atoms with Crippen LogP contribution < -0.4 is 15.0 Å². The van der Waals surface area contributed by atoms with Gasteiger partial charge in [0.15, 0.2) is 10.9 Å². The highest BCUT2D eigenvalue weighted by atomic mass is 35.5. The number of ether oxygens (including phenoxy) is 1. The summed E-state index contributed by atoms with van der Waals surface area (Å²) in [6.07, 6.45) is 1.69. The number of anilines is 2. The summed E-state index contributed by atoms with van der Waals surface area (Å²) >= 11 is 7.33. The van der Waals surface area contributed by atoms with E-state index in [0.29, 0.717) is 27.3 Å². The topological polar surface area (TPSA) is 84.4 Å². The molecule has 0 saturated carbocycles. The lowest BCUT2D eigenvalue weighted by Crippen LogP contribution is -2.41. The number of halogens is 1. The highest BCUT2D eigenvalue weighted by Crippen LogP contribution is 2.34. The zero-order valence-corrected chi connectivity index (χ0v) is 15.5. The molecule has 9 heteroatoms. The first-order chi connectivity index (χ1) is 13.1. The molecule has 0 unspecified atom stereocenters. The van der Waals surface area contributed by atoms with Crippen molar-refractivity contribution < 1.29 is 14.3 Å². The average Bonchev–Trinajstić information content (AvgIpc) is 3.11. The highest BCUT2D eigenvalue weighted by molar-refractivity contribution is 7.14. The first kappa shape index (κ1) is 17.4. The number of esters is 1. The van der Waals surface area contributed by atoms with E-state index < -0.39 is 5.97 Å². The number of carbonyl (C=O) groups excluding carboxylic acids is 2. The second-order valence-electron chi connectivity index (χ2n) is 5.74. The van der Waals surface area contributed by atoms with Gasteiger partial charge in [-0.25, -0.2) is 9.78 Å². The van der Waals surface area contributed by atoms with Gasteiger partial charge in [0.1, 0.15) is 12.2 Å². The van der Waals surface area contributed by atoms with Gasteiger partial charge in [0.2, 0.25) is 5.91 Å². The van der Waals surface area contributed by atoms with E-state index in [1.165, 1.54) is 11.3 Å². The molecule has 1 N–H and O–H groups in total. The van der Waals surface area contributed by atoms with Gasteiger partial charge in [0.25, 0.3) is 0 Å². The molecular formula is C18H13ClN4O3S. The lowest BCUT2D eigenvalue weighted by molar-refractivity contribution is -0.133. The van der Waals surface area contributed by atoms with Crippen molar-refractivity contribution in [2.24, 2.45) is 0 Å². The molecule has 0 bridgehead atoms. The second-order valence-corrected chi connectivity index (χ2v) is 7.04. The van der Waals surface area contributed by atoms with Crippen LogP contribution in [0, 0.1) is 0 Å². The molecular weight excluding hydrogens is 388 g/mol. The van der Waals surface area contributed by atoms with E-state index in [4.69, 9.17) is 16.3 Å². The van der Waals surface area contributed by atoms with Crippen molar-refractivity contribution in [1.29, 1.82) is 0 Å². The molecule has 3 heterocycles. The Hall–Kier alpha value is -2.97. The van der Waals surface area contributed by atoms with E-state index in [9.17, 15) is 9.59 Å². The van der Waals surface area contributed by atoms with Crippen LogP contribution in [-0.2, 0) is 9.59 Å². The molecule has 1 amide bonds. The molecule has 0 fully saturated rings. The van der Waals surface area contributed by atoms with E-state index in [2.05, 4.69) is 15.3 Å². The molecule has 7 nitrogen and oxygen atoms in total. The minimum Gasteiger partial charge on any atom is -0.423 e. The number of benzene rings is 1. The van der Waals surface area contributed by atoms with Crippen molar-refractivity contribution in [2.75, 3.05) is 23.3 Å². The van der Waals surface area contributed by atoms with Crippen LogP contribution in [0.4, 0.5) is 10.8 Å². The summed E-state index contributed by atoms with van der Waals surface area (Å²) in [5, 5.41) is 5.54. The number of aromatic nitrogens is 2. The predicted molar refractivity (Wildman–Crippen MR) is 103 cm³/mol. The zero-order valence-electron chi connectivity index (χ0n) is 13.9. The van der Waals surface area contributed by atoms with Crippen LogP contribution in [0.1, 0.15) is 0 Å². The molecule has 0 saturated heterocycles. The lowest BCUT2D eigenvalue weighted by Gasteiger charge is -2.29. The van der Waals surface area contributed by atoms with Crippen molar-refractivity contribution >= 4 is 45.6 Å². The van der Waals surface area contributed by atoms with Gasteiger partial charge in [-0.2, -0.15) is 0 Å². The maximum Gasteiger partial charge on any atom is 0.331 e. The fourth-order valence-corrected chi connectivity index (χ4v) is 3.54. The Balaban J connectivity index is 1.47. The number of hydrogen-bond donors (Lipinski definition) is 1. The van der Waals surface area contributed by atoms with Crippen LogP contribution in [0.3, 0.4) is 0 Å². The maximum atomic E-state index is 12.4. The molecule has 4 rings (SSSR count). The number of amides is 1.